The van der Waals surface area contributed by atoms with Crippen molar-refractivity contribution in [2.45, 2.75) is 31.8 Å². The number of halogens is 1. The average Bonchev–Trinajstić information content (AvgIpc) is 2.85. The van der Waals surface area contributed by atoms with Crippen molar-refractivity contribution in [2.75, 3.05) is 36.9 Å². The van der Waals surface area contributed by atoms with Gasteiger partial charge in [0, 0.05) is 32.2 Å². The highest BCUT2D eigenvalue weighted by Gasteiger charge is 2.35. The Morgan fingerprint density at radius 1 is 1.42 bits per heavy atom. The zero-order valence-electron chi connectivity index (χ0n) is 11.4. The maximum Gasteiger partial charge on any atom is 0.224 e. The Hall–Kier alpha value is -1.07. The lowest BCUT2D eigenvalue weighted by Gasteiger charge is -2.43. The fourth-order valence-electron chi connectivity index (χ4n) is 3.16. The zero-order valence-corrected chi connectivity index (χ0v) is 12.2. The molecule has 2 atom stereocenters. The summed E-state index contributed by atoms with van der Waals surface area (Å²) in [5, 5.41) is 3.61. The van der Waals surface area contributed by atoms with Gasteiger partial charge >= 0.3 is 0 Å². The second kappa shape index (κ2) is 5.13. The van der Waals surface area contributed by atoms with Crippen LogP contribution >= 0.6 is 11.6 Å². The number of piperazine rings is 1. The lowest BCUT2D eigenvalue weighted by atomic mass is 10.1. The molecule has 104 valence electrons. The smallest absolute Gasteiger partial charge is 0.224 e. The van der Waals surface area contributed by atoms with Crippen molar-refractivity contribution < 1.29 is 0 Å². The summed E-state index contributed by atoms with van der Waals surface area (Å²) in [5.74, 6) is 1.49. The van der Waals surface area contributed by atoms with Crippen LogP contribution in [0.25, 0.3) is 0 Å². The molecule has 0 aromatic carbocycles. The van der Waals surface area contributed by atoms with E-state index in [1.165, 1.54) is 19.4 Å². The van der Waals surface area contributed by atoms with E-state index < -0.39 is 0 Å². The fraction of sp³-hybridized carbons (Fsp3) is 0.692. The molecule has 1 aromatic rings. The van der Waals surface area contributed by atoms with Crippen molar-refractivity contribution in [1.29, 1.82) is 0 Å². The second-order valence-corrected chi connectivity index (χ2v) is 5.81. The third kappa shape index (κ3) is 2.37. The van der Waals surface area contributed by atoms with E-state index in [0.717, 1.165) is 18.9 Å². The molecule has 0 radical (unpaired) electrons. The van der Waals surface area contributed by atoms with Gasteiger partial charge in [0.15, 0.2) is 5.82 Å². The highest BCUT2D eigenvalue weighted by molar-refractivity contribution is 6.32. The maximum absolute atomic E-state index is 6.29. The number of aromatic nitrogens is 2. The van der Waals surface area contributed by atoms with Gasteiger partial charge in [-0.1, -0.05) is 11.6 Å². The standard InChI is InChI=1S/C13H20ClN5/c1-9-7-18-5-3-4-10(18)8-19(9)12-11(14)6-16-13(15-2)17-12/h6,9-10H,3-5,7-8H2,1-2H3,(H,15,16,17). The Kier molecular flexibility index (Phi) is 3.50. The summed E-state index contributed by atoms with van der Waals surface area (Å²) in [4.78, 5) is 13.6. The number of anilines is 2. The quantitative estimate of drug-likeness (QED) is 0.896. The zero-order chi connectivity index (χ0) is 13.4. The monoisotopic (exact) mass is 281 g/mol. The molecular weight excluding hydrogens is 262 g/mol. The predicted octanol–water partition coefficient (Wildman–Crippen LogP) is 1.84. The molecule has 2 saturated heterocycles. The highest BCUT2D eigenvalue weighted by atomic mass is 35.5. The third-order valence-electron chi connectivity index (χ3n) is 4.16. The third-order valence-corrected chi connectivity index (χ3v) is 4.43. The largest absolute Gasteiger partial charge is 0.357 e. The van der Waals surface area contributed by atoms with Gasteiger partial charge in [-0.05, 0) is 26.3 Å². The Morgan fingerprint density at radius 3 is 3.05 bits per heavy atom. The average molecular weight is 282 g/mol. The van der Waals surface area contributed by atoms with E-state index in [0.29, 0.717) is 23.1 Å². The molecule has 6 heteroatoms. The SMILES string of the molecule is CNc1ncc(Cl)c(N2CC3CCCN3CC2C)n1. The molecule has 5 nitrogen and oxygen atoms in total. The number of hydrogen-bond acceptors (Lipinski definition) is 5. The van der Waals surface area contributed by atoms with Crippen molar-refractivity contribution in [3.05, 3.63) is 11.2 Å². The summed E-state index contributed by atoms with van der Waals surface area (Å²) in [6, 6.07) is 1.09. The summed E-state index contributed by atoms with van der Waals surface area (Å²) in [6.07, 6.45) is 4.28. The molecule has 19 heavy (non-hydrogen) atoms. The molecule has 2 aliphatic heterocycles. The summed E-state index contributed by atoms with van der Waals surface area (Å²) in [7, 11) is 1.82. The van der Waals surface area contributed by atoms with E-state index >= 15 is 0 Å². The van der Waals surface area contributed by atoms with E-state index in [1.807, 2.05) is 7.05 Å². The minimum absolute atomic E-state index is 0.437. The Balaban J connectivity index is 1.88. The summed E-state index contributed by atoms with van der Waals surface area (Å²) in [5.41, 5.74) is 0. The van der Waals surface area contributed by atoms with Gasteiger partial charge in [-0.25, -0.2) is 4.98 Å². The van der Waals surface area contributed by atoms with Crippen molar-refractivity contribution in [2.24, 2.45) is 0 Å². The molecule has 0 aliphatic carbocycles. The molecule has 3 heterocycles. The van der Waals surface area contributed by atoms with Crippen molar-refractivity contribution in [3.8, 4) is 0 Å². The van der Waals surface area contributed by atoms with E-state index in [1.54, 1.807) is 6.20 Å². The molecule has 2 aliphatic rings. The van der Waals surface area contributed by atoms with Crippen LogP contribution in [0, 0.1) is 0 Å². The summed E-state index contributed by atoms with van der Waals surface area (Å²) >= 11 is 6.29. The van der Waals surface area contributed by atoms with E-state index in [4.69, 9.17) is 11.6 Å². The van der Waals surface area contributed by atoms with Gasteiger partial charge < -0.3 is 10.2 Å². The van der Waals surface area contributed by atoms with Crippen LogP contribution in [0.4, 0.5) is 11.8 Å². The van der Waals surface area contributed by atoms with Crippen LogP contribution in [0.2, 0.25) is 5.02 Å². The molecule has 2 fully saturated rings. The Labute approximate surface area is 119 Å². The van der Waals surface area contributed by atoms with Crippen molar-refractivity contribution in [1.82, 2.24) is 14.9 Å². The normalized spacial score (nSPS) is 27.4. The van der Waals surface area contributed by atoms with Crippen LogP contribution in [0.3, 0.4) is 0 Å². The van der Waals surface area contributed by atoms with E-state index in [-0.39, 0.29) is 0 Å². The van der Waals surface area contributed by atoms with Crippen molar-refractivity contribution >= 4 is 23.4 Å². The fourth-order valence-corrected chi connectivity index (χ4v) is 3.36. The predicted molar refractivity (Wildman–Crippen MR) is 78.0 cm³/mol. The number of nitrogens with one attached hydrogen (secondary N) is 1. The molecule has 1 aromatic heterocycles. The van der Waals surface area contributed by atoms with E-state index in [9.17, 15) is 0 Å². The summed E-state index contributed by atoms with van der Waals surface area (Å²) in [6.45, 7) is 5.59. The maximum atomic E-state index is 6.29. The van der Waals surface area contributed by atoms with Crippen LogP contribution in [-0.2, 0) is 0 Å². The number of nitrogens with zero attached hydrogens (tertiary/aromatic N) is 4. The Morgan fingerprint density at radius 2 is 2.26 bits per heavy atom. The molecule has 0 spiro atoms. The highest BCUT2D eigenvalue weighted by Crippen LogP contribution is 2.31. The van der Waals surface area contributed by atoms with Gasteiger partial charge in [0.2, 0.25) is 5.95 Å². The Bertz CT molecular complexity index is 466. The lowest BCUT2D eigenvalue weighted by Crippen LogP contribution is -2.55. The molecule has 0 bridgehead atoms. The summed E-state index contributed by atoms with van der Waals surface area (Å²) < 4.78 is 0. The second-order valence-electron chi connectivity index (χ2n) is 5.41. The van der Waals surface area contributed by atoms with Gasteiger partial charge in [0.25, 0.3) is 0 Å². The van der Waals surface area contributed by atoms with E-state index in [2.05, 4.69) is 32.0 Å². The van der Waals surface area contributed by atoms with Crippen LogP contribution in [0.5, 0.6) is 0 Å². The first-order valence-corrected chi connectivity index (χ1v) is 7.28. The van der Waals surface area contributed by atoms with Crippen LogP contribution in [0.15, 0.2) is 6.20 Å². The number of rotatable bonds is 2. The lowest BCUT2D eigenvalue weighted by molar-refractivity contribution is 0.202. The van der Waals surface area contributed by atoms with Gasteiger partial charge in [-0.3, -0.25) is 4.90 Å². The molecule has 2 unspecified atom stereocenters. The first kappa shape index (κ1) is 12.9. The molecule has 0 amide bonds. The number of hydrogen-bond donors (Lipinski definition) is 1. The van der Waals surface area contributed by atoms with Gasteiger partial charge in [-0.2, -0.15) is 4.98 Å². The topological polar surface area (TPSA) is 44.3 Å². The molecule has 0 saturated carbocycles. The minimum atomic E-state index is 0.437. The van der Waals surface area contributed by atoms with Crippen LogP contribution in [-0.4, -0.2) is 53.6 Å². The van der Waals surface area contributed by atoms with Crippen LogP contribution in [0.1, 0.15) is 19.8 Å². The van der Waals surface area contributed by atoms with Crippen LogP contribution < -0.4 is 10.2 Å². The molecule has 3 rings (SSSR count). The minimum Gasteiger partial charge on any atom is -0.357 e. The van der Waals surface area contributed by atoms with Gasteiger partial charge in [0.1, 0.15) is 5.02 Å². The first-order valence-electron chi connectivity index (χ1n) is 6.90. The van der Waals surface area contributed by atoms with Gasteiger partial charge in [0.05, 0.1) is 6.20 Å². The number of fused-ring (bicyclic) bond motifs is 1. The van der Waals surface area contributed by atoms with Gasteiger partial charge in [-0.15, -0.1) is 0 Å². The first-order chi connectivity index (χ1) is 9.19. The molecule has 1 N–H and O–H groups in total. The molecular formula is C13H20ClN5. The van der Waals surface area contributed by atoms with Crippen molar-refractivity contribution in [3.63, 3.8) is 0 Å².